The van der Waals surface area contributed by atoms with Gasteiger partial charge in [0.2, 0.25) is 15.9 Å². The van der Waals surface area contributed by atoms with E-state index in [-0.39, 0.29) is 17.3 Å². The molecule has 2 aromatic rings. The Morgan fingerprint density at radius 3 is 2.54 bits per heavy atom. The maximum atomic E-state index is 13.1. The average Bonchev–Trinajstić information content (AvgIpc) is 3.11. The molecule has 1 aliphatic heterocycles. The second-order valence-electron chi connectivity index (χ2n) is 6.65. The predicted octanol–water partition coefficient (Wildman–Crippen LogP) is 2.43. The Kier molecular flexibility index (Phi) is 5.62. The Hall–Kier alpha value is -2.58. The van der Waals surface area contributed by atoms with Crippen LogP contribution in [0.5, 0.6) is 11.5 Å². The van der Waals surface area contributed by atoms with Gasteiger partial charge in [-0.3, -0.25) is 4.79 Å². The summed E-state index contributed by atoms with van der Waals surface area (Å²) in [7, 11) is 0.923. The van der Waals surface area contributed by atoms with Crippen LogP contribution < -0.4 is 14.4 Å². The normalized spacial score (nSPS) is 13.5. The third kappa shape index (κ3) is 3.70. The van der Waals surface area contributed by atoms with E-state index in [9.17, 15) is 13.2 Å². The van der Waals surface area contributed by atoms with E-state index in [4.69, 9.17) is 9.47 Å². The molecule has 0 atom stereocenters. The van der Waals surface area contributed by atoms with E-state index in [1.807, 2.05) is 0 Å². The number of hydrogen-bond donors (Lipinski definition) is 0. The van der Waals surface area contributed by atoms with Gasteiger partial charge in [-0.25, -0.2) is 8.42 Å². The van der Waals surface area contributed by atoms with Crippen molar-refractivity contribution < 1.29 is 22.7 Å². The minimum atomic E-state index is -3.71. The summed E-state index contributed by atoms with van der Waals surface area (Å²) in [5.74, 6) is 1.17. The smallest absolute Gasteiger partial charge is 0.243 e. The van der Waals surface area contributed by atoms with Gasteiger partial charge in [-0.1, -0.05) is 0 Å². The number of benzene rings is 2. The first kappa shape index (κ1) is 20.2. The molecule has 0 unspecified atom stereocenters. The number of anilines is 1. The van der Waals surface area contributed by atoms with Crippen molar-refractivity contribution in [3.05, 3.63) is 47.5 Å². The molecule has 2 aromatic carbocycles. The summed E-state index contributed by atoms with van der Waals surface area (Å²) >= 11 is 0. The lowest BCUT2D eigenvalue weighted by molar-refractivity contribution is -0.116. The third-order valence-electron chi connectivity index (χ3n) is 4.92. The van der Waals surface area contributed by atoms with E-state index in [1.54, 1.807) is 55.5 Å². The number of hydrogen-bond acceptors (Lipinski definition) is 5. The molecule has 3 rings (SSSR count). The molecule has 8 heteroatoms. The third-order valence-corrected chi connectivity index (χ3v) is 6.71. The van der Waals surface area contributed by atoms with Crippen LogP contribution >= 0.6 is 0 Å². The van der Waals surface area contributed by atoms with Crippen molar-refractivity contribution in [2.75, 3.05) is 32.7 Å². The van der Waals surface area contributed by atoms with E-state index in [0.717, 1.165) is 11.3 Å². The Morgan fingerprint density at radius 1 is 1.14 bits per heavy atom. The molecule has 150 valence electrons. The van der Waals surface area contributed by atoms with Crippen LogP contribution in [0.2, 0.25) is 0 Å². The molecule has 0 aliphatic carbocycles. The summed E-state index contributed by atoms with van der Waals surface area (Å²) in [4.78, 5) is 13.6. The number of nitrogens with zero attached hydrogens (tertiary/aromatic N) is 2. The number of amides is 1. The van der Waals surface area contributed by atoms with Crippen LogP contribution in [0, 0.1) is 0 Å². The van der Waals surface area contributed by atoms with Crippen molar-refractivity contribution in [2.45, 2.75) is 24.8 Å². The number of rotatable bonds is 6. The van der Waals surface area contributed by atoms with Gasteiger partial charge >= 0.3 is 0 Å². The zero-order valence-electron chi connectivity index (χ0n) is 16.4. The maximum Gasteiger partial charge on any atom is 0.243 e. The lowest BCUT2D eigenvalue weighted by Crippen LogP contribution is -2.27. The topological polar surface area (TPSA) is 76.2 Å². The molecule has 1 aliphatic rings. The van der Waals surface area contributed by atoms with Crippen LogP contribution in [0.1, 0.15) is 18.1 Å². The Balaban J connectivity index is 1.88. The molecule has 0 saturated carbocycles. The first-order valence-corrected chi connectivity index (χ1v) is 10.3. The average molecular weight is 404 g/mol. The molecule has 0 bridgehead atoms. The molecule has 28 heavy (non-hydrogen) atoms. The fourth-order valence-corrected chi connectivity index (χ4v) is 4.58. The minimum absolute atomic E-state index is 0.0448. The van der Waals surface area contributed by atoms with E-state index in [1.165, 1.54) is 18.3 Å². The van der Waals surface area contributed by atoms with Crippen LogP contribution in [-0.4, -0.2) is 46.4 Å². The summed E-state index contributed by atoms with van der Waals surface area (Å²) in [5, 5.41) is 0. The van der Waals surface area contributed by atoms with Gasteiger partial charge in [0.05, 0.1) is 19.1 Å². The Labute approximate surface area is 165 Å². The number of carbonyl (C=O) groups is 1. The fourth-order valence-electron chi connectivity index (χ4n) is 3.38. The molecule has 0 N–H and O–H groups in total. The van der Waals surface area contributed by atoms with Crippen LogP contribution in [0.3, 0.4) is 0 Å². The monoisotopic (exact) mass is 404 g/mol. The van der Waals surface area contributed by atoms with Gasteiger partial charge < -0.3 is 14.4 Å². The van der Waals surface area contributed by atoms with Crippen LogP contribution in [0.15, 0.2) is 41.3 Å². The number of ether oxygens (including phenoxy) is 2. The van der Waals surface area contributed by atoms with Gasteiger partial charge in [-0.05, 0) is 48.4 Å². The Morgan fingerprint density at radius 2 is 1.89 bits per heavy atom. The highest BCUT2D eigenvalue weighted by Crippen LogP contribution is 2.32. The van der Waals surface area contributed by atoms with Crippen molar-refractivity contribution in [1.82, 2.24) is 4.31 Å². The van der Waals surface area contributed by atoms with Crippen molar-refractivity contribution in [1.29, 1.82) is 0 Å². The summed E-state index contributed by atoms with van der Waals surface area (Å²) in [5.41, 5.74) is 2.35. The molecule has 0 spiro atoms. The number of carbonyl (C=O) groups excluding carboxylic acids is 1. The highest BCUT2D eigenvalue weighted by Gasteiger charge is 2.27. The van der Waals surface area contributed by atoms with Gasteiger partial charge in [0.15, 0.2) is 0 Å². The highest BCUT2D eigenvalue weighted by atomic mass is 32.2. The SMILES string of the molecule is COc1ccc(OC)c(CN(C)S(=O)(=O)c2ccc3c(c2)CCN3C(C)=O)c1. The number of fused-ring (bicyclic) bond motifs is 1. The molecule has 0 saturated heterocycles. The van der Waals surface area contributed by atoms with Crippen LogP contribution in [-0.2, 0) is 27.8 Å². The second-order valence-corrected chi connectivity index (χ2v) is 8.69. The summed E-state index contributed by atoms with van der Waals surface area (Å²) in [6, 6.07) is 10.2. The molecule has 1 heterocycles. The standard InChI is InChI=1S/C20H24N2O5S/c1-14(23)22-10-9-15-12-18(6-7-19(15)22)28(24,25)21(2)13-16-11-17(26-3)5-8-20(16)27-4/h5-8,11-12H,9-10,13H2,1-4H3. The molecule has 0 aromatic heterocycles. The van der Waals surface area contributed by atoms with Crippen molar-refractivity contribution in [3.63, 3.8) is 0 Å². The van der Waals surface area contributed by atoms with E-state index < -0.39 is 10.0 Å². The number of methoxy groups -OCH3 is 2. The zero-order valence-corrected chi connectivity index (χ0v) is 17.2. The van der Waals surface area contributed by atoms with E-state index in [0.29, 0.717) is 30.0 Å². The molecule has 0 radical (unpaired) electrons. The van der Waals surface area contributed by atoms with Crippen molar-refractivity contribution >= 4 is 21.6 Å². The first-order chi connectivity index (χ1) is 13.3. The minimum Gasteiger partial charge on any atom is -0.497 e. The quantitative estimate of drug-likeness (QED) is 0.739. The van der Waals surface area contributed by atoms with Crippen molar-refractivity contribution in [3.8, 4) is 11.5 Å². The maximum absolute atomic E-state index is 13.1. The summed E-state index contributed by atoms with van der Waals surface area (Å²) < 4.78 is 38.0. The fraction of sp³-hybridized carbons (Fsp3) is 0.350. The molecular formula is C20H24N2O5S. The molecule has 1 amide bonds. The van der Waals surface area contributed by atoms with E-state index in [2.05, 4.69) is 0 Å². The highest BCUT2D eigenvalue weighted by molar-refractivity contribution is 7.89. The van der Waals surface area contributed by atoms with Gasteiger partial charge in [-0.15, -0.1) is 0 Å². The van der Waals surface area contributed by atoms with Crippen LogP contribution in [0.25, 0.3) is 0 Å². The first-order valence-electron chi connectivity index (χ1n) is 8.86. The summed E-state index contributed by atoms with van der Waals surface area (Å²) in [6.45, 7) is 2.22. The van der Waals surface area contributed by atoms with Gasteiger partial charge in [0.25, 0.3) is 0 Å². The summed E-state index contributed by atoms with van der Waals surface area (Å²) in [6.07, 6.45) is 0.645. The van der Waals surface area contributed by atoms with Crippen LogP contribution in [0.4, 0.5) is 5.69 Å². The van der Waals surface area contributed by atoms with Crippen molar-refractivity contribution in [2.24, 2.45) is 0 Å². The van der Waals surface area contributed by atoms with Gasteiger partial charge in [0.1, 0.15) is 11.5 Å². The van der Waals surface area contributed by atoms with E-state index >= 15 is 0 Å². The lowest BCUT2D eigenvalue weighted by atomic mass is 10.2. The zero-order chi connectivity index (χ0) is 20.5. The van der Waals surface area contributed by atoms with Gasteiger partial charge in [0, 0.05) is 38.3 Å². The molecule has 7 nitrogen and oxygen atoms in total. The lowest BCUT2D eigenvalue weighted by Gasteiger charge is -2.20. The second kappa shape index (κ2) is 7.81. The van der Waals surface area contributed by atoms with Gasteiger partial charge in [-0.2, -0.15) is 4.31 Å². The predicted molar refractivity (Wildman–Crippen MR) is 106 cm³/mol. The number of sulfonamides is 1. The molecular weight excluding hydrogens is 380 g/mol. The largest absolute Gasteiger partial charge is 0.497 e. The molecule has 0 fully saturated rings. The Bertz CT molecular complexity index is 1000.